The van der Waals surface area contributed by atoms with E-state index in [2.05, 4.69) is 5.32 Å². The van der Waals surface area contributed by atoms with Gasteiger partial charge in [0.15, 0.2) is 0 Å². The number of halogens is 2. The second-order valence-electron chi connectivity index (χ2n) is 4.63. The average Bonchev–Trinajstić information content (AvgIpc) is 2.91. The van der Waals surface area contributed by atoms with E-state index >= 15 is 0 Å². The molecule has 3 N–H and O–H groups in total. The second kappa shape index (κ2) is 8.39. The average molecular weight is 345 g/mol. The van der Waals surface area contributed by atoms with Crippen LogP contribution in [-0.4, -0.2) is 12.5 Å². The zero-order valence-corrected chi connectivity index (χ0v) is 14.0. The molecule has 2 atom stereocenters. The fraction of sp³-hybridized carbons (Fsp3) is 0.267. The lowest BCUT2D eigenvalue weighted by Gasteiger charge is -2.15. The van der Waals surface area contributed by atoms with Crippen molar-refractivity contribution in [2.24, 2.45) is 5.73 Å². The maximum Gasteiger partial charge on any atom is 0.228 e. The van der Waals surface area contributed by atoms with Gasteiger partial charge in [-0.3, -0.25) is 4.79 Å². The third-order valence-electron chi connectivity index (χ3n) is 3.14. The molecular formula is C15H18Cl2N2OS. The van der Waals surface area contributed by atoms with Crippen molar-refractivity contribution in [1.82, 2.24) is 5.32 Å². The smallest absolute Gasteiger partial charge is 0.228 e. The lowest BCUT2D eigenvalue weighted by molar-refractivity contribution is -0.122. The molecule has 0 aliphatic carbocycles. The molecule has 3 nitrogen and oxygen atoms in total. The zero-order valence-electron chi connectivity index (χ0n) is 11.6. The Bertz CT molecular complexity index is 574. The van der Waals surface area contributed by atoms with Gasteiger partial charge >= 0.3 is 0 Å². The number of amides is 1. The molecule has 2 unspecified atom stereocenters. The Hall–Kier alpha value is -1.07. The van der Waals surface area contributed by atoms with Gasteiger partial charge in [0.05, 0.1) is 10.3 Å². The summed E-state index contributed by atoms with van der Waals surface area (Å²) < 4.78 is 0.695. The first-order chi connectivity index (χ1) is 9.58. The maximum absolute atomic E-state index is 12.1. The minimum absolute atomic E-state index is 0. The highest BCUT2D eigenvalue weighted by atomic mass is 35.5. The number of hydrogen-bond donors (Lipinski definition) is 2. The maximum atomic E-state index is 12.1. The van der Waals surface area contributed by atoms with Crippen LogP contribution in [0.1, 0.15) is 29.3 Å². The van der Waals surface area contributed by atoms with Crippen LogP contribution in [0.25, 0.3) is 0 Å². The Morgan fingerprint density at radius 1 is 1.29 bits per heavy atom. The van der Waals surface area contributed by atoms with E-state index in [1.165, 1.54) is 11.3 Å². The van der Waals surface area contributed by atoms with Crippen LogP contribution in [0.2, 0.25) is 4.34 Å². The Morgan fingerprint density at radius 2 is 1.95 bits per heavy atom. The summed E-state index contributed by atoms with van der Waals surface area (Å²) in [6, 6.07) is 13.2. The summed E-state index contributed by atoms with van der Waals surface area (Å²) in [5.41, 5.74) is 7.07. The van der Waals surface area contributed by atoms with Crippen molar-refractivity contribution in [1.29, 1.82) is 0 Å². The van der Waals surface area contributed by atoms with Gasteiger partial charge in [0, 0.05) is 17.5 Å². The largest absolute Gasteiger partial charge is 0.354 e. The van der Waals surface area contributed by atoms with E-state index < -0.39 is 0 Å². The predicted molar refractivity (Wildman–Crippen MR) is 91.4 cm³/mol. The quantitative estimate of drug-likeness (QED) is 0.867. The number of benzene rings is 1. The van der Waals surface area contributed by atoms with Crippen LogP contribution in [0.5, 0.6) is 0 Å². The van der Waals surface area contributed by atoms with Crippen molar-refractivity contribution in [2.75, 3.05) is 6.54 Å². The van der Waals surface area contributed by atoms with E-state index in [0.29, 0.717) is 10.9 Å². The molecule has 0 radical (unpaired) electrons. The summed E-state index contributed by atoms with van der Waals surface area (Å²) in [5.74, 6) is -0.245. The lowest BCUT2D eigenvalue weighted by atomic mass is 10.1. The van der Waals surface area contributed by atoms with Crippen LogP contribution in [0, 0.1) is 0 Å². The van der Waals surface area contributed by atoms with Crippen molar-refractivity contribution in [3.05, 3.63) is 57.2 Å². The van der Waals surface area contributed by atoms with Crippen molar-refractivity contribution < 1.29 is 4.79 Å². The predicted octanol–water partition coefficient (Wildman–Crippen LogP) is 3.74. The molecule has 0 saturated heterocycles. The molecule has 0 fully saturated rings. The van der Waals surface area contributed by atoms with Gasteiger partial charge in [0.1, 0.15) is 0 Å². The monoisotopic (exact) mass is 344 g/mol. The topological polar surface area (TPSA) is 55.1 Å². The molecule has 0 spiro atoms. The molecule has 1 amide bonds. The van der Waals surface area contributed by atoms with Crippen LogP contribution >= 0.6 is 35.3 Å². The highest BCUT2D eigenvalue weighted by molar-refractivity contribution is 7.16. The first kappa shape index (κ1) is 18.0. The van der Waals surface area contributed by atoms with E-state index in [4.69, 9.17) is 17.3 Å². The highest BCUT2D eigenvalue weighted by Gasteiger charge is 2.17. The van der Waals surface area contributed by atoms with Gasteiger partial charge in [-0.2, -0.15) is 0 Å². The normalized spacial score (nSPS) is 13.1. The number of hydrogen-bond acceptors (Lipinski definition) is 3. The lowest BCUT2D eigenvalue weighted by Crippen LogP contribution is -2.34. The summed E-state index contributed by atoms with van der Waals surface area (Å²) in [7, 11) is 0. The van der Waals surface area contributed by atoms with E-state index in [1.807, 2.05) is 43.3 Å². The standard InChI is InChI=1S/C15H17ClN2OS.ClH/c1-10(13-7-8-14(16)20-13)15(19)18-9-12(17)11-5-3-2-4-6-11;/h2-8,10,12H,9,17H2,1H3,(H,18,19);1H. The van der Waals surface area contributed by atoms with Gasteiger partial charge in [-0.25, -0.2) is 0 Å². The van der Waals surface area contributed by atoms with E-state index in [9.17, 15) is 4.79 Å². The summed E-state index contributed by atoms with van der Waals surface area (Å²) in [6.07, 6.45) is 0. The van der Waals surface area contributed by atoms with Crippen molar-refractivity contribution >= 4 is 41.3 Å². The molecule has 1 aromatic heterocycles. The van der Waals surface area contributed by atoms with E-state index in [1.54, 1.807) is 6.07 Å². The molecule has 2 rings (SSSR count). The van der Waals surface area contributed by atoms with Crippen molar-refractivity contribution in [2.45, 2.75) is 18.9 Å². The molecule has 21 heavy (non-hydrogen) atoms. The highest BCUT2D eigenvalue weighted by Crippen LogP contribution is 2.28. The Balaban J connectivity index is 0.00000220. The van der Waals surface area contributed by atoms with Gasteiger partial charge < -0.3 is 11.1 Å². The van der Waals surface area contributed by atoms with Gasteiger partial charge in [-0.05, 0) is 24.6 Å². The summed E-state index contributed by atoms with van der Waals surface area (Å²) in [5, 5.41) is 2.89. The first-order valence-corrected chi connectivity index (χ1v) is 7.61. The van der Waals surface area contributed by atoms with Gasteiger partial charge in [-0.1, -0.05) is 41.9 Å². The number of thiophene rings is 1. The van der Waals surface area contributed by atoms with Crippen LogP contribution in [0.3, 0.4) is 0 Å². The molecule has 6 heteroatoms. The van der Waals surface area contributed by atoms with Crippen molar-refractivity contribution in [3.8, 4) is 0 Å². The number of nitrogens with two attached hydrogens (primary N) is 1. The fourth-order valence-corrected chi connectivity index (χ4v) is 2.98. The third-order valence-corrected chi connectivity index (χ3v) is 4.55. The summed E-state index contributed by atoms with van der Waals surface area (Å²) in [6.45, 7) is 2.29. The number of carbonyl (C=O) groups excluding carboxylic acids is 1. The molecule has 0 aliphatic rings. The third kappa shape index (κ3) is 5.00. The zero-order chi connectivity index (χ0) is 14.5. The number of carbonyl (C=O) groups is 1. The second-order valence-corrected chi connectivity index (χ2v) is 6.37. The molecule has 114 valence electrons. The molecular weight excluding hydrogens is 327 g/mol. The summed E-state index contributed by atoms with van der Waals surface area (Å²) >= 11 is 7.31. The van der Waals surface area contributed by atoms with Gasteiger partial charge in [0.2, 0.25) is 5.91 Å². The van der Waals surface area contributed by atoms with Crippen LogP contribution in [0.15, 0.2) is 42.5 Å². The molecule has 0 bridgehead atoms. The minimum atomic E-state index is -0.213. The Morgan fingerprint density at radius 3 is 2.52 bits per heavy atom. The SMILES string of the molecule is CC(C(=O)NCC(N)c1ccccc1)c1ccc(Cl)s1.Cl. The first-order valence-electron chi connectivity index (χ1n) is 6.41. The van der Waals surface area contributed by atoms with Crippen molar-refractivity contribution in [3.63, 3.8) is 0 Å². The van der Waals surface area contributed by atoms with Crippen LogP contribution in [-0.2, 0) is 4.79 Å². The van der Waals surface area contributed by atoms with Gasteiger partial charge in [0.25, 0.3) is 0 Å². The molecule has 1 aromatic carbocycles. The molecule has 2 aromatic rings. The van der Waals surface area contributed by atoms with E-state index in [0.717, 1.165) is 10.4 Å². The Labute approximate surface area is 139 Å². The summed E-state index contributed by atoms with van der Waals surface area (Å²) in [4.78, 5) is 13.0. The fourth-order valence-electron chi connectivity index (χ4n) is 1.87. The van der Waals surface area contributed by atoms with E-state index in [-0.39, 0.29) is 30.3 Å². The van der Waals surface area contributed by atoms with Gasteiger partial charge in [-0.15, -0.1) is 23.7 Å². The van der Waals surface area contributed by atoms with Crippen LogP contribution < -0.4 is 11.1 Å². The molecule has 0 saturated carbocycles. The number of nitrogens with one attached hydrogen (secondary N) is 1. The Kier molecular flexibility index (Phi) is 7.18. The molecule has 1 heterocycles. The molecule has 0 aliphatic heterocycles. The minimum Gasteiger partial charge on any atom is -0.354 e. The number of rotatable bonds is 5. The van der Waals surface area contributed by atoms with Crippen LogP contribution in [0.4, 0.5) is 0 Å².